The Morgan fingerprint density at radius 2 is 1.90 bits per heavy atom. The lowest BCUT2D eigenvalue weighted by Crippen LogP contribution is -2.24. The van der Waals surface area contributed by atoms with Crippen molar-refractivity contribution in [1.29, 1.82) is 0 Å². The van der Waals surface area contributed by atoms with Gasteiger partial charge in [-0.2, -0.15) is 13.2 Å². The highest BCUT2D eigenvalue weighted by atomic mass is 35.5. The largest absolute Gasteiger partial charge is 0.492 e. The number of rotatable bonds is 7. The Kier molecular flexibility index (Phi) is 6.95. The summed E-state index contributed by atoms with van der Waals surface area (Å²) >= 11 is 17.7. The minimum atomic E-state index is -4.57. The number of fused-ring (bicyclic) bond motifs is 1. The van der Waals surface area contributed by atoms with E-state index in [0.29, 0.717) is 22.2 Å². The van der Waals surface area contributed by atoms with Crippen molar-refractivity contribution in [2.24, 2.45) is 0 Å². The zero-order valence-electron chi connectivity index (χ0n) is 15.1. The van der Waals surface area contributed by atoms with Crippen LogP contribution in [0, 0.1) is 0 Å². The quantitative estimate of drug-likeness (QED) is 0.472. The molecule has 0 saturated carbocycles. The van der Waals surface area contributed by atoms with Crippen LogP contribution in [-0.2, 0) is 17.5 Å². The van der Waals surface area contributed by atoms with E-state index in [1.54, 1.807) is 18.2 Å². The van der Waals surface area contributed by atoms with Gasteiger partial charge in [0.15, 0.2) is 11.5 Å². The van der Waals surface area contributed by atoms with E-state index in [2.05, 4.69) is 15.5 Å². The first kappa shape index (κ1) is 22.5. The molecule has 3 aromatic rings. The number of aromatic nitrogens is 3. The van der Waals surface area contributed by atoms with E-state index in [1.165, 1.54) is 0 Å². The van der Waals surface area contributed by atoms with Crippen LogP contribution in [0.2, 0.25) is 15.1 Å². The topological polar surface area (TPSA) is 68.5 Å². The first-order valence-electron chi connectivity index (χ1n) is 8.60. The maximum absolute atomic E-state index is 13.0. The first-order chi connectivity index (χ1) is 14.1. The third-order valence-corrected chi connectivity index (χ3v) is 4.81. The van der Waals surface area contributed by atoms with Crippen molar-refractivity contribution in [2.75, 3.05) is 6.61 Å². The molecular weight excluding hydrogens is 468 g/mol. The van der Waals surface area contributed by atoms with E-state index in [1.807, 2.05) is 0 Å². The fraction of sp³-hybridized carbons (Fsp3) is 0.278. The number of nitrogens with zero attached hydrogens (tertiary/aromatic N) is 3. The number of nitrogens with one attached hydrogen (secondary N) is 1. The maximum atomic E-state index is 13.0. The highest BCUT2D eigenvalue weighted by Gasteiger charge is 2.32. The molecule has 12 heteroatoms. The number of amides is 1. The van der Waals surface area contributed by atoms with E-state index in [-0.39, 0.29) is 42.0 Å². The van der Waals surface area contributed by atoms with E-state index in [9.17, 15) is 18.0 Å². The van der Waals surface area contributed by atoms with Gasteiger partial charge in [0.25, 0.3) is 0 Å². The minimum absolute atomic E-state index is 0.0714. The zero-order chi connectivity index (χ0) is 21.9. The molecule has 30 heavy (non-hydrogen) atoms. The van der Waals surface area contributed by atoms with Crippen LogP contribution in [0.15, 0.2) is 30.5 Å². The van der Waals surface area contributed by atoms with Gasteiger partial charge < -0.3 is 10.1 Å². The smallest absolute Gasteiger partial charge is 0.417 e. The van der Waals surface area contributed by atoms with E-state index in [0.717, 1.165) is 16.7 Å². The fourth-order valence-corrected chi connectivity index (χ4v) is 3.26. The molecule has 0 aliphatic rings. The molecule has 160 valence electrons. The molecule has 0 saturated heterocycles. The van der Waals surface area contributed by atoms with Crippen LogP contribution in [-0.4, -0.2) is 27.1 Å². The second-order valence-electron chi connectivity index (χ2n) is 6.19. The molecular formula is C18H14Cl3F3N4O2. The lowest BCUT2D eigenvalue weighted by Gasteiger charge is -2.10. The Labute approximate surface area is 183 Å². The van der Waals surface area contributed by atoms with Crippen LogP contribution in [0.4, 0.5) is 13.2 Å². The van der Waals surface area contributed by atoms with Crippen LogP contribution in [0.1, 0.15) is 24.2 Å². The van der Waals surface area contributed by atoms with Crippen molar-refractivity contribution in [3.8, 4) is 5.75 Å². The van der Waals surface area contributed by atoms with Crippen LogP contribution < -0.4 is 10.1 Å². The molecule has 0 bridgehead atoms. The van der Waals surface area contributed by atoms with Gasteiger partial charge in [-0.1, -0.05) is 34.8 Å². The lowest BCUT2D eigenvalue weighted by atomic mass is 10.2. The second kappa shape index (κ2) is 9.28. The summed E-state index contributed by atoms with van der Waals surface area (Å²) in [5.41, 5.74) is -0.868. The van der Waals surface area contributed by atoms with Crippen molar-refractivity contribution in [2.45, 2.75) is 25.6 Å². The van der Waals surface area contributed by atoms with E-state index < -0.39 is 11.7 Å². The summed E-state index contributed by atoms with van der Waals surface area (Å²) in [6.07, 6.45) is -3.20. The number of pyridine rings is 1. The summed E-state index contributed by atoms with van der Waals surface area (Å²) in [6.45, 7) is 0.134. The molecule has 0 atom stereocenters. The van der Waals surface area contributed by atoms with Gasteiger partial charge in [-0.15, -0.1) is 10.2 Å². The van der Waals surface area contributed by atoms with Crippen LogP contribution in [0.25, 0.3) is 5.65 Å². The summed E-state index contributed by atoms with van der Waals surface area (Å²) in [6, 6.07) is 5.58. The highest BCUT2D eigenvalue weighted by Crippen LogP contribution is 2.32. The molecule has 1 amide bonds. The number of hydrogen-bond acceptors (Lipinski definition) is 4. The molecule has 0 spiro atoms. The molecule has 2 heterocycles. The summed E-state index contributed by atoms with van der Waals surface area (Å²) in [5.74, 6) is 0.250. The SMILES string of the molecule is O=C(CCCOc1ccc(Cl)cc1Cl)NCc1nnc2c(Cl)cc(C(F)(F)F)cn12. The van der Waals surface area contributed by atoms with Crippen molar-refractivity contribution in [3.05, 3.63) is 56.9 Å². The zero-order valence-corrected chi connectivity index (χ0v) is 17.4. The molecule has 3 rings (SSSR count). The minimum Gasteiger partial charge on any atom is -0.492 e. The van der Waals surface area contributed by atoms with E-state index in [4.69, 9.17) is 39.5 Å². The van der Waals surface area contributed by atoms with Gasteiger partial charge in [0.05, 0.1) is 28.8 Å². The molecule has 0 unspecified atom stereocenters. The summed E-state index contributed by atoms with van der Waals surface area (Å²) in [5, 5.41) is 10.8. The molecule has 0 radical (unpaired) electrons. The van der Waals surface area contributed by atoms with Gasteiger partial charge in [-0.25, -0.2) is 0 Å². The summed E-state index contributed by atoms with van der Waals surface area (Å²) in [7, 11) is 0. The standard InChI is InChI=1S/C18H14Cl3F3N4O2/c19-11-3-4-14(12(20)7-11)30-5-1-2-16(29)25-8-15-26-27-17-13(21)6-10(9-28(15)17)18(22,23)24/h3-4,6-7,9H,1-2,5,8H2,(H,25,29). The van der Waals surface area contributed by atoms with Gasteiger partial charge in [0.1, 0.15) is 5.75 Å². The molecule has 0 fully saturated rings. The van der Waals surface area contributed by atoms with Crippen molar-refractivity contribution < 1.29 is 22.7 Å². The van der Waals surface area contributed by atoms with Gasteiger partial charge in [-0.3, -0.25) is 9.20 Å². The normalized spacial score (nSPS) is 11.7. The van der Waals surface area contributed by atoms with Gasteiger partial charge >= 0.3 is 6.18 Å². The number of halogens is 6. The average molecular weight is 482 g/mol. The predicted molar refractivity (Wildman–Crippen MR) is 106 cm³/mol. The molecule has 1 N–H and O–H groups in total. The average Bonchev–Trinajstić information content (AvgIpc) is 3.08. The Morgan fingerprint density at radius 1 is 1.13 bits per heavy atom. The van der Waals surface area contributed by atoms with Crippen LogP contribution >= 0.6 is 34.8 Å². The predicted octanol–water partition coefficient (Wildman–Crippen LogP) is 5.18. The van der Waals surface area contributed by atoms with Gasteiger partial charge in [0, 0.05) is 17.6 Å². The maximum Gasteiger partial charge on any atom is 0.417 e. The molecule has 6 nitrogen and oxygen atoms in total. The second-order valence-corrected chi connectivity index (χ2v) is 7.44. The molecule has 0 aliphatic carbocycles. The van der Waals surface area contributed by atoms with Gasteiger partial charge in [0.2, 0.25) is 5.91 Å². The number of hydrogen-bond donors (Lipinski definition) is 1. The van der Waals surface area contributed by atoms with Crippen LogP contribution in [0.5, 0.6) is 5.75 Å². The van der Waals surface area contributed by atoms with Gasteiger partial charge in [-0.05, 0) is 30.7 Å². The lowest BCUT2D eigenvalue weighted by molar-refractivity contribution is -0.137. The third-order valence-electron chi connectivity index (χ3n) is 4.00. The number of carbonyl (C=O) groups is 1. The molecule has 0 aliphatic heterocycles. The molecule has 1 aromatic carbocycles. The summed E-state index contributed by atoms with van der Waals surface area (Å²) < 4.78 is 45.5. The summed E-state index contributed by atoms with van der Waals surface area (Å²) in [4.78, 5) is 12.0. The molecule has 2 aromatic heterocycles. The number of alkyl halides is 3. The Morgan fingerprint density at radius 3 is 2.60 bits per heavy atom. The number of carbonyl (C=O) groups excluding carboxylic acids is 1. The van der Waals surface area contributed by atoms with Crippen molar-refractivity contribution in [3.63, 3.8) is 0 Å². The highest BCUT2D eigenvalue weighted by molar-refractivity contribution is 6.35. The monoisotopic (exact) mass is 480 g/mol. The number of ether oxygens (including phenoxy) is 1. The number of benzene rings is 1. The third kappa shape index (κ3) is 5.47. The Balaban J connectivity index is 1.53. The Bertz CT molecular complexity index is 1070. The van der Waals surface area contributed by atoms with Crippen molar-refractivity contribution in [1.82, 2.24) is 19.9 Å². The Hall–Kier alpha value is -2.23. The van der Waals surface area contributed by atoms with E-state index >= 15 is 0 Å². The first-order valence-corrected chi connectivity index (χ1v) is 9.73. The van der Waals surface area contributed by atoms with Crippen molar-refractivity contribution >= 4 is 46.4 Å². The fourth-order valence-electron chi connectivity index (χ4n) is 2.55. The van der Waals surface area contributed by atoms with Crippen LogP contribution in [0.3, 0.4) is 0 Å².